The summed E-state index contributed by atoms with van der Waals surface area (Å²) >= 11 is 0. The highest BCUT2D eigenvalue weighted by Gasteiger charge is 2.26. The van der Waals surface area contributed by atoms with Gasteiger partial charge in [0.15, 0.2) is 0 Å². The lowest BCUT2D eigenvalue weighted by Crippen LogP contribution is -2.39. The van der Waals surface area contributed by atoms with Crippen molar-refractivity contribution in [1.29, 1.82) is 0 Å². The smallest absolute Gasteiger partial charge is 0.317 e. The molecular formula is C16H26N4O2. The van der Waals surface area contributed by atoms with Crippen LogP contribution in [0.1, 0.15) is 38.2 Å². The fourth-order valence-corrected chi connectivity index (χ4v) is 2.40. The van der Waals surface area contributed by atoms with Crippen LogP contribution in [0.5, 0.6) is 0 Å². The van der Waals surface area contributed by atoms with Crippen molar-refractivity contribution in [2.24, 2.45) is 5.92 Å². The molecule has 0 aromatic carbocycles. The highest BCUT2D eigenvalue weighted by atomic mass is 16.5. The zero-order valence-corrected chi connectivity index (χ0v) is 13.7. The van der Waals surface area contributed by atoms with Gasteiger partial charge in [0.25, 0.3) is 0 Å². The zero-order valence-electron chi connectivity index (χ0n) is 13.7. The standard InChI is InChI=1S/C16H26N4O2/c1-12(2)6-9-22-15-5-8-20(11-15)16(21)18-10-14-4-7-17-13(3)19-14/h4,7,12,15H,5-6,8-11H2,1-3H3,(H,18,21). The van der Waals surface area contributed by atoms with E-state index >= 15 is 0 Å². The van der Waals surface area contributed by atoms with Gasteiger partial charge >= 0.3 is 6.03 Å². The number of carbonyl (C=O) groups excluding carboxylic acids is 1. The summed E-state index contributed by atoms with van der Waals surface area (Å²) in [5.41, 5.74) is 0.824. The number of likely N-dealkylation sites (tertiary alicyclic amines) is 1. The Hall–Kier alpha value is -1.69. The van der Waals surface area contributed by atoms with Crippen LogP contribution >= 0.6 is 0 Å². The molecule has 6 nitrogen and oxygen atoms in total. The van der Waals surface area contributed by atoms with E-state index < -0.39 is 0 Å². The predicted molar refractivity (Wildman–Crippen MR) is 84.4 cm³/mol. The number of aryl methyl sites for hydroxylation is 1. The first-order valence-corrected chi connectivity index (χ1v) is 7.97. The molecule has 1 aromatic rings. The SMILES string of the molecule is Cc1nccc(CNC(=O)N2CCC(OCCC(C)C)C2)n1. The molecule has 2 rings (SSSR count). The lowest BCUT2D eigenvalue weighted by Gasteiger charge is -2.17. The molecule has 1 fully saturated rings. The van der Waals surface area contributed by atoms with E-state index in [2.05, 4.69) is 29.1 Å². The maximum Gasteiger partial charge on any atom is 0.317 e. The van der Waals surface area contributed by atoms with Gasteiger partial charge in [-0.05, 0) is 31.7 Å². The van der Waals surface area contributed by atoms with Crippen LogP contribution in [0, 0.1) is 12.8 Å². The second kappa shape index (κ2) is 8.08. The molecule has 1 aliphatic heterocycles. The Morgan fingerprint density at radius 1 is 1.55 bits per heavy atom. The Kier molecular flexibility index (Phi) is 6.12. The Morgan fingerprint density at radius 3 is 3.09 bits per heavy atom. The average molecular weight is 306 g/mol. The molecule has 1 N–H and O–H groups in total. The Balaban J connectivity index is 1.70. The van der Waals surface area contributed by atoms with Crippen molar-refractivity contribution in [3.63, 3.8) is 0 Å². The van der Waals surface area contributed by atoms with Gasteiger partial charge in [-0.15, -0.1) is 0 Å². The van der Waals surface area contributed by atoms with Gasteiger partial charge in [-0.25, -0.2) is 14.8 Å². The third kappa shape index (κ3) is 5.26. The number of nitrogens with zero attached hydrogens (tertiary/aromatic N) is 3. The van der Waals surface area contributed by atoms with Gasteiger partial charge in [0.2, 0.25) is 0 Å². The molecule has 0 radical (unpaired) electrons. The summed E-state index contributed by atoms with van der Waals surface area (Å²) in [5.74, 6) is 1.36. The monoisotopic (exact) mass is 306 g/mol. The summed E-state index contributed by atoms with van der Waals surface area (Å²) in [6.07, 6.45) is 3.86. The molecule has 0 aliphatic carbocycles. The van der Waals surface area contributed by atoms with Crippen LogP contribution in [0.3, 0.4) is 0 Å². The first kappa shape index (κ1) is 16.7. The summed E-state index contributed by atoms with van der Waals surface area (Å²) in [6.45, 7) is 8.84. The van der Waals surface area contributed by atoms with E-state index in [9.17, 15) is 4.79 Å². The molecule has 22 heavy (non-hydrogen) atoms. The maximum absolute atomic E-state index is 12.1. The molecule has 1 saturated heterocycles. The molecule has 1 aromatic heterocycles. The summed E-state index contributed by atoms with van der Waals surface area (Å²) in [6, 6.07) is 1.76. The zero-order chi connectivity index (χ0) is 15.9. The molecule has 1 unspecified atom stereocenters. The molecule has 2 heterocycles. The fourth-order valence-electron chi connectivity index (χ4n) is 2.40. The average Bonchev–Trinajstić information content (AvgIpc) is 2.93. The van der Waals surface area contributed by atoms with Crippen LogP contribution in [0.25, 0.3) is 0 Å². The minimum absolute atomic E-state index is 0.0498. The summed E-state index contributed by atoms with van der Waals surface area (Å²) < 4.78 is 5.83. The number of hydrogen-bond donors (Lipinski definition) is 1. The van der Waals surface area contributed by atoms with Crippen molar-refractivity contribution < 1.29 is 9.53 Å². The van der Waals surface area contributed by atoms with Crippen LogP contribution in [0.2, 0.25) is 0 Å². The number of amides is 2. The largest absolute Gasteiger partial charge is 0.376 e. The van der Waals surface area contributed by atoms with Crippen LogP contribution in [-0.4, -0.2) is 46.7 Å². The topological polar surface area (TPSA) is 67.4 Å². The van der Waals surface area contributed by atoms with Crippen LogP contribution in [0.15, 0.2) is 12.3 Å². The van der Waals surface area contributed by atoms with Crippen LogP contribution in [0.4, 0.5) is 4.79 Å². The molecular weight excluding hydrogens is 280 g/mol. The first-order chi connectivity index (χ1) is 10.5. The molecule has 1 atom stereocenters. The van der Waals surface area contributed by atoms with Crippen LogP contribution < -0.4 is 5.32 Å². The van der Waals surface area contributed by atoms with Gasteiger partial charge in [0, 0.05) is 25.9 Å². The molecule has 6 heteroatoms. The maximum atomic E-state index is 12.1. The molecule has 122 valence electrons. The van der Waals surface area contributed by atoms with Crippen LogP contribution in [-0.2, 0) is 11.3 Å². The van der Waals surface area contributed by atoms with Crippen molar-refractivity contribution in [3.05, 3.63) is 23.8 Å². The third-order valence-corrected chi connectivity index (χ3v) is 3.74. The van der Waals surface area contributed by atoms with Gasteiger partial charge in [-0.1, -0.05) is 13.8 Å². The highest BCUT2D eigenvalue weighted by molar-refractivity contribution is 5.74. The Morgan fingerprint density at radius 2 is 2.36 bits per heavy atom. The van der Waals surface area contributed by atoms with E-state index in [1.807, 2.05) is 17.9 Å². The number of carbonyl (C=O) groups is 1. The molecule has 0 spiro atoms. The summed E-state index contributed by atoms with van der Waals surface area (Å²) in [5, 5.41) is 2.90. The van der Waals surface area contributed by atoms with Gasteiger partial charge in [-0.3, -0.25) is 0 Å². The van der Waals surface area contributed by atoms with E-state index in [4.69, 9.17) is 4.74 Å². The molecule has 2 amide bonds. The van der Waals surface area contributed by atoms with Crippen molar-refractivity contribution in [2.75, 3.05) is 19.7 Å². The quantitative estimate of drug-likeness (QED) is 0.874. The molecule has 0 bridgehead atoms. The van der Waals surface area contributed by atoms with E-state index in [1.54, 1.807) is 6.20 Å². The van der Waals surface area contributed by atoms with Crippen molar-refractivity contribution in [3.8, 4) is 0 Å². The predicted octanol–water partition coefficient (Wildman–Crippen LogP) is 2.13. The number of ether oxygens (including phenoxy) is 1. The Labute approximate surface area is 132 Å². The number of nitrogens with one attached hydrogen (secondary N) is 1. The number of urea groups is 1. The number of hydrogen-bond acceptors (Lipinski definition) is 4. The Bertz CT molecular complexity index is 493. The number of aromatic nitrogens is 2. The lowest BCUT2D eigenvalue weighted by atomic mass is 10.1. The lowest BCUT2D eigenvalue weighted by molar-refractivity contribution is 0.0542. The van der Waals surface area contributed by atoms with E-state index in [0.29, 0.717) is 24.8 Å². The third-order valence-electron chi connectivity index (χ3n) is 3.74. The van der Waals surface area contributed by atoms with E-state index in [1.165, 1.54) is 0 Å². The number of rotatable bonds is 6. The van der Waals surface area contributed by atoms with Gasteiger partial charge in [0.05, 0.1) is 18.3 Å². The second-order valence-electron chi connectivity index (χ2n) is 6.16. The van der Waals surface area contributed by atoms with E-state index in [-0.39, 0.29) is 12.1 Å². The van der Waals surface area contributed by atoms with E-state index in [0.717, 1.165) is 31.7 Å². The van der Waals surface area contributed by atoms with Gasteiger partial charge < -0.3 is 15.0 Å². The first-order valence-electron chi connectivity index (χ1n) is 7.97. The molecule has 1 aliphatic rings. The van der Waals surface area contributed by atoms with Crippen molar-refractivity contribution >= 4 is 6.03 Å². The highest BCUT2D eigenvalue weighted by Crippen LogP contribution is 2.14. The summed E-state index contributed by atoms with van der Waals surface area (Å²) in [4.78, 5) is 22.3. The van der Waals surface area contributed by atoms with Crippen molar-refractivity contribution in [2.45, 2.75) is 46.3 Å². The molecule has 0 saturated carbocycles. The minimum atomic E-state index is -0.0498. The van der Waals surface area contributed by atoms with Crippen molar-refractivity contribution in [1.82, 2.24) is 20.2 Å². The summed E-state index contributed by atoms with van der Waals surface area (Å²) in [7, 11) is 0. The fraction of sp³-hybridized carbons (Fsp3) is 0.688. The second-order valence-corrected chi connectivity index (χ2v) is 6.16. The van der Waals surface area contributed by atoms with Gasteiger partial charge in [0.1, 0.15) is 5.82 Å². The van der Waals surface area contributed by atoms with Gasteiger partial charge in [-0.2, -0.15) is 0 Å². The minimum Gasteiger partial charge on any atom is -0.376 e. The normalized spacial score (nSPS) is 18.0.